The summed E-state index contributed by atoms with van der Waals surface area (Å²) in [6.45, 7) is 8.26. The molecule has 1 aliphatic rings. The highest BCUT2D eigenvalue weighted by atomic mass is 35.5. The van der Waals surface area contributed by atoms with Crippen molar-refractivity contribution in [3.63, 3.8) is 0 Å². The van der Waals surface area contributed by atoms with E-state index in [1.165, 1.54) is 5.56 Å². The highest BCUT2D eigenvalue weighted by Crippen LogP contribution is 2.22. The van der Waals surface area contributed by atoms with Crippen LogP contribution in [0.25, 0.3) is 0 Å². The Kier molecular flexibility index (Phi) is 7.86. The summed E-state index contributed by atoms with van der Waals surface area (Å²) in [5.41, 5.74) is 8.29. The number of aryl methyl sites for hydroxylation is 1. The third-order valence-electron chi connectivity index (χ3n) is 4.76. The highest BCUT2D eigenvalue weighted by Gasteiger charge is 2.24. The Bertz CT molecular complexity index is 512. The molecular weight excluding hydrogens is 312 g/mol. The number of carbonyl (C=O) groups excluding carboxylic acids is 1. The van der Waals surface area contributed by atoms with Gasteiger partial charge in [0.25, 0.3) is 0 Å². The van der Waals surface area contributed by atoms with Gasteiger partial charge in [-0.15, -0.1) is 12.4 Å². The summed E-state index contributed by atoms with van der Waals surface area (Å²) in [5.74, 6) is 1.62. The van der Waals surface area contributed by atoms with Crippen LogP contribution in [0.2, 0.25) is 0 Å². The standard InChI is InChI=1S/C18H28N2O2.ClH/c1-13-5-4-6-17(14(13)2)22-12-9-18(21)20-10-7-16(8-11-20)15(3)19;/h4-6,15-16H,7-12,19H2,1-3H3;1H. The molecule has 2 N–H and O–H groups in total. The van der Waals surface area contributed by atoms with E-state index in [1.54, 1.807) is 0 Å². The van der Waals surface area contributed by atoms with Crippen LogP contribution < -0.4 is 10.5 Å². The van der Waals surface area contributed by atoms with Crippen molar-refractivity contribution < 1.29 is 9.53 Å². The van der Waals surface area contributed by atoms with Crippen LogP contribution in [0.3, 0.4) is 0 Å². The van der Waals surface area contributed by atoms with Crippen molar-refractivity contribution in [2.24, 2.45) is 11.7 Å². The number of benzene rings is 1. The highest BCUT2D eigenvalue weighted by molar-refractivity contribution is 5.85. The Morgan fingerprint density at radius 2 is 2.00 bits per heavy atom. The maximum atomic E-state index is 12.2. The second-order valence-electron chi connectivity index (χ2n) is 6.37. The summed E-state index contributed by atoms with van der Waals surface area (Å²) < 4.78 is 5.77. The van der Waals surface area contributed by atoms with Crippen LogP contribution in [-0.4, -0.2) is 36.5 Å². The van der Waals surface area contributed by atoms with Gasteiger partial charge in [0.1, 0.15) is 5.75 Å². The van der Waals surface area contributed by atoms with Crippen LogP contribution >= 0.6 is 12.4 Å². The lowest BCUT2D eigenvalue weighted by atomic mass is 9.91. The van der Waals surface area contributed by atoms with Crippen LogP contribution in [0.4, 0.5) is 0 Å². The fourth-order valence-corrected chi connectivity index (χ4v) is 2.96. The number of nitrogens with two attached hydrogens (primary N) is 1. The maximum Gasteiger partial charge on any atom is 0.225 e. The number of nitrogens with zero attached hydrogens (tertiary/aromatic N) is 1. The summed E-state index contributed by atoms with van der Waals surface area (Å²) in [4.78, 5) is 14.2. The normalized spacial score (nSPS) is 16.6. The number of likely N-dealkylation sites (tertiary alicyclic amines) is 1. The molecule has 4 nitrogen and oxygen atoms in total. The van der Waals surface area contributed by atoms with Gasteiger partial charge in [0.15, 0.2) is 0 Å². The van der Waals surface area contributed by atoms with Crippen molar-refractivity contribution in [3.8, 4) is 5.75 Å². The van der Waals surface area contributed by atoms with Crippen LogP contribution in [-0.2, 0) is 4.79 Å². The summed E-state index contributed by atoms with van der Waals surface area (Å²) in [7, 11) is 0. The number of hydrogen-bond acceptors (Lipinski definition) is 3. The number of amides is 1. The minimum absolute atomic E-state index is 0. The molecule has 1 saturated heterocycles. The van der Waals surface area contributed by atoms with E-state index in [2.05, 4.69) is 19.9 Å². The molecule has 5 heteroatoms. The molecule has 1 atom stereocenters. The van der Waals surface area contributed by atoms with Gasteiger partial charge in [-0.25, -0.2) is 0 Å². The molecule has 2 rings (SSSR count). The van der Waals surface area contributed by atoms with Gasteiger partial charge in [-0.3, -0.25) is 4.79 Å². The predicted octanol–water partition coefficient (Wildman–Crippen LogP) is 3.08. The molecule has 0 saturated carbocycles. The van der Waals surface area contributed by atoms with Gasteiger partial charge in [-0.1, -0.05) is 12.1 Å². The molecule has 1 amide bonds. The Morgan fingerprint density at radius 3 is 2.61 bits per heavy atom. The second-order valence-corrected chi connectivity index (χ2v) is 6.37. The fourth-order valence-electron chi connectivity index (χ4n) is 2.96. The van der Waals surface area contributed by atoms with Gasteiger partial charge in [0.05, 0.1) is 13.0 Å². The van der Waals surface area contributed by atoms with E-state index in [9.17, 15) is 4.79 Å². The first-order valence-corrected chi connectivity index (χ1v) is 8.21. The summed E-state index contributed by atoms with van der Waals surface area (Å²) in [6, 6.07) is 6.24. The average molecular weight is 341 g/mol. The molecule has 130 valence electrons. The lowest BCUT2D eigenvalue weighted by Crippen LogP contribution is -2.42. The number of ether oxygens (including phenoxy) is 1. The van der Waals surface area contributed by atoms with Gasteiger partial charge in [0, 0.05) is 19.1 Å². The van der Waals surface area contributed by atoms with Crippen LogP contribution in [0.5, 0.6) is 5.75 Å². The van der Waals surface area contributed by atoms with Gasteiger partial charge < -0.3 is 15.4 Å². The first-order valence-electron chi connectivity index (χ1n) is 8.21. The Hall–Kier alpha value is -1.26. The number of piperidine rings is 1. The maximum absolute atomic E-state index is 12.2. The van der Waals surface area contributed by atoms with Crippen molar-refractivity contribution >= 4 is 18.3 Å². The molecule has 1 unspecified atom stereocenters. The smallest absolute Gasteiger partial charge is 0.225 e. The summed E-state index contributed by atoms with van der Waals surface area (Å²) in [6.07, 6.45) is 2.47. The largest absolute Gasteiger partial charge is 0.493 e. The van der Waals surface area contributed by atoms with Crippen molar-refractivity contribution in [3.05, 3.63) is 29.3 Å². The molecule has 0 radical (unpaired) electrons. The first-order chi connectivity index (χ1) is 10.5. The van der Waals surface area contributed by atoms with E-state index >= 15 is 0 Å². The Balaban J connectivity index is 0.00000264. The van der Waals surface area contributed by atoms with Crippen molar-refractivity contribution in [2.45, 2.75) is 46.1 Å². The van der Waals surface area contributed by atoms with E-state index < -0.39 is 0 Å². The lowest BCUT2D eigenvalue weighted by molar-refractivity contribution is -0.133. The Morgan fingerprint density at radius 1 is 1.35 bits per heavy atom. The van der Waals surface area contributed by atoms with E-state index in [1.807, 2.05) is 24.0 Å². The van der Waals surface area contributed by atoms with E-state index in [0.29, 0.717) is 18.9 Å². The first kappa shape index (κ1) is 19.8. The minimum Gasteiger partial charge on any atom is -0.493 e. The molecular formula is C18H29ClN2O2. The van der Waals surface area contributed by atoms with E-state index in [-0.39, 0.29) is 24.4 Å². The minimum atomic E-state index is 0. The van der Waals surface area contributed by atoms with Gasteiger partial charge >= 0.3 is 0 Å². The van der Waals surface area contributed by atoms with Crippen LogP contribution in [0.15, 0.2) is 18.2 Å². The molecule has 1 aliphatic heterocycles. The van der Waals surface area contributed by atoms with Crippen LogP contribution in [0.1, 0.15) is 37.3 Å². The summed E-state index contributed by atoms with van der Waals surface area (Å²) in [5, 5.41) is 0. The number of rotatable bonds is 5. The monoisotopic (exact) mass is 340 g/mol. The quantitative estimate of drug-likeness (QED) is 0.896. The second kappa shape index (κ2) is 9.14. The van der Waals surface area contributed by atoms with Crippen molar-refractivity contribution in [2.75, 3.05) is 19.7 Å². The molecule has 0 spiro atoms. The topological polar surface area (TPSA) is 55.6 Å². The molecule has 1 heterocycles. The summed E-state index contributed by atoms with van der Waals surface area (Å²) >= 11 is 0. The number of hydrogen-bond donors (Lipinski definition) is 1. The molecule has 1 fully saturated rings. The predicted molar refractivity (Wildman–Crippen MR) is 96.2 cm³/mol. The van der Waals surface area contributed by atoms with Gasteiger partial charge in [-0.05, 0) is 56.7 Å². The number of halogens is 1. The van der Waals surface area contributed by atoms with Crippen LogP contribution in [0, 0.1) is 19.8 Å². The van der Waals surface area contributed by atoms with E-state index in [4.69, 9.17) is 10.5 Å². The Labute approximate surface area is 145 Å². The molecule has 1 aromatic carbocycles. The lowest BCUT2D eigenvalue weighted by Gasteiger charge is -2.33. The number of carbonyl (C=O) groups is 1. The average Bonchev–Trinajstić information content (AvgIpc) is 2.51. The van der Waals surface area contributed by atoms with E-state index in [0.717, 1.165) is 37.2 Å². The zero-order valence-corrected chi connectivity index (χ0v) is 15.2. The van der Waals surface area contributed by atoms with Gasteiger partial charge in [0.2, 0.25) is 5.91 Å². The molecule has 1 aromatic rings. The third kappa shape index (κ3) is 5.40. The molecule has 23 heavy (non-hydrogen) atoms. The SMILES string of the molecule is Cc1cccc(OCCC(=O)N2CCC(C(C)N)CC2)c1C.Cl. The zero-order chi connectivity index (χ0) is 16.1. The fraction of sp³-hybridized carbons (Fsp3) is 0.611. The third-order valence-corrected chi connectivity index (χ3v) is 4.76. The molecule has 0 aromatic heterocycles. The molecule has 0 bridgehead atoms. The van der Waals surface area contributed by atoms with Crippen molar-refractivity contribution in [1.82, 2.24) is 4.90 Å². The van der Waals surface area contributed by atoms with Crippen molar-refractivity contribution in [1.29, 1.82) is 0 Å². The molecule has 0 aliphatic carbocycles. The van der Waals surface area contributed by atoms with Gasteiger partial charge in [-0.2, -0.15) is 0 Å². The zero-order valence-electron chi connectivity index (χ0n) is 14.4.